The molecule has 2 N–H and O–H groups in total. The molecule has 206 valence electrons. The van der Waals surface area contributed by atoms with Crippen LogP contribution in [0.3, 0.4) is 0 Å². The van der Waals surface area contributed by atoms with Gasteiger partial charge in [-0.05, 0) is 62.6 Å². The Morgan fingerprint density at radius 3 is 2.68 bits per heavy atom. The van der Waals surface area contributed by atoms with Gasteiger partial charge >= 0.3 is 0 Å². The molecule has 0 aliphatic carbocycles. The molecule has 1 aromatic carbocycles. The van der Waals surface area contributed by atoms with E-state index in [0.29, 0.717) is 31.1 Å². The fraction of sp³-hybridized carbons (Fsp3) is 0.562. The smallest absolute Gasteiger partial charge is 0.131 e. The first-order valence-electron chi connectivity index (χ1n) is 14.1. The van der Waals surface area contributed by atoms with Crippen molar-refractivity contribution in [2.45, 2.75) is 101 Å². The van der Waals surface area contributed by atoms with Crippen LogP contribution in [0.25, 0.3) is 0 Å². The molecule has 0 spiro atoms. The largest absolute Gasteiger partial charge is 0.487 e. The Balaban J connectivity index is 1.34. The average Bonchev–Trinajstić information content (AvgIpc) is 3.66. The fourth-order valence-corrected chi connectivity index (χ4v) is 5.86. The van der Waals surface area contributed by atoms with Gasteiger partial charge in [-0.2, -0.15) is 0 Å². The van der Waals surface area contributed by atoms with E-state index >= 15 is 0 Å². The summed E-state index contributed by atoms with van der Waals surface area (Å²) in [5, 5.41) is 22.0. The molecule has 0 aromatic heterocycles. The summed E-state index contributed by atoms with van der Waals surface area (Å²) in [6.45, 7) is 9.15. The first kappa shape index (κ1) is 27.4. The van der Waals surface area contributed by atoms with Crippen molar-refractivity contribution in [3.63, 3.8) is 0 Å². The van der Waals surface area contributed by atoms with Crippen molar-refractivity contribution in [1.29, 1.82) is 0 Å². The van der Waals surface area contributed by atoms with Crippen molar-refractivity contribution in [1.82, 2.24) is 0 Å². The monoisotopic (exact) mass is 522 g/mol. The summed E-state index contributed by atoms with van der Waals surface area (Å²) in [4.78, 5) is 0. The molecule has 38 heavy (non-hydrogen) atoms. The fourth-order valence-electron chi connectivity index (χ4n) is 5.86. The Hall–Kier alpha value is -2.22. The number of hydrogen-bond acceptors (Lipinski definition) is 6. The lowest BCUT2D eigenvalue weighted by Crippen LogP contribution is -2.33. The molecule has 5 aliphatic rings. The van der Waals surface area contributed by atoms with Crippen molar-refractivity contribution < 1.29 is 29.2 Å². The zero-order valence-corrected chi connectivity index (χ0v) is 22.6. The van der Waals surface area contributed by atoms with E-state index in [1.165, 1.54) is 5.57 Å². The molecular weight excluding hydrogens is 480 g/mol. The van der Waals surface area contributed by atoms with Crippen LogP contribution in [0.15, 0.2) is 72.4 Å². The lowest BCUT2D eigenvalue weighted by molar-refractivity contribution is -0.00729. The van der Waals surface area contributed by atoms with Crippen molar-refractivity contribution in [3.05, 3.63) is 77.9 Å². The highest BCUT2D eigenvalue weighted by atomic mass is 16.6. The van der Waals surface area contributed by atoms with Crippen LogP contribution in [0.1, 0.15) is 64.0 Å². The first-order valence-corrected chi connectivity index (χ1v) is 14.1. The van der Waals surface area contributed by atoms with E-state index in [4.69, 9.17) is 18.9 Å². The summed E-state index contributed by atoms with van der Waals surface area (Å²) < 4.78 is 24.4. The Morgan fingerprint density at radius 1 is 1.08 bits per heavy atom. The molecule has 0 unspecified atom stereocenters. The van der Waals surface area contributed by atoms with Gasteiger partial charge in [-0.1, -0.05) is 67.2 Å². The van der Waals surface area contributed by atoms with E-state index in [1.807, 2.05) is 30.3 Å². The van der Waals surface area contributed by atoms with Crippen LogP contribution in [-0.4, -0.2) is 59.5 Å². The highest BCUT2D eigenvalue weighted by Crippen LogP contribution is 2.36. The Bertz CT molecular complexity index is 1040. The van der Waals surface area contributed by atoms with Crippen LogP contribution in [0.5, 0.6) is 5.75 Å². The highest BCUT2D eigenvalue weighted by molar-refractivity contribution is 5.31. The molecule has 4 bridgehead atoms. The van der Waals surface area contributed by atoms with E-state index in [-0.39, 0.29) is 30.5 Å². The van der Waals surface area contributed by atoms with E-state index < -0.39 is 18.3 Å². The number of aliphatic hydroxyl groups is 2. The van der Waals surface area contributed by atoms with Gasteiger partial charge in [0.15, 0.2) is 0 Å². The second kappa shape index (κ2) is 12.3. The Kier molecular flexibility index (Phi) is 8.86. The molecule has 1 aromatic rings. The molecule has 6 rings (SSSR count). The minimum atomic E-state index is -0.849. The number of fused-ring (bicyclic) bond motifs is 9. The van der Waals surface area contributed by atoms with Gasteiger partial charge in [0.05, 0.1) is 31.0 Å². The van der Waals surface area contributed by atoms with Gasteiger partial charge < -0.3 is 29.2 Å². The van der Waals surface area contributed by atoms with E-state index in [9.17, 15) is 10.2 Å². The maximum Gasteiger partial charge on any atom is 0.131 e. The Morgan fingerprint density at radius 2 is 1.89 bits per heavy atom. The third kappa shape index (κ3) is 7.25. The Labute approximate surface area is 226 Å². The lowest BCUT2D eigenvalue weighted by atomic mass is 9.90. The third-order valence-electron chi connectivity index (χ3n) is 7.98. The molecule has 9 atom stereocenters. The maximum atomic E-state index is 11.1. The summed E-state index contributed by atoms with van der Waals surface area (Å²) >= 11 is 0. The molecule has 1 saturated heterocycles. The summed E-state index contributed by atoms with van der Waals surface area (Å²) in [6, 6.07) is 7.94. The first-order chi connectivity index (χ1) is 18.3. The van der Waals surface area contributed by atoms with Gasteiger partial charge in [0.1, 0.15) is 30.2 Å². The molecule has 6 heteroatoms. The molecule has 0 saturated carbocycles. The predicted molar refractivity (Wildman–Crippen MR) is 147 cm³/mol. The van der Waals surface area contributed by atoms with Gasteiger partial charge in [-0.3, -0.25) is 0 Å². The quantitative estimate of drug-likeness (QED) is 0.411. The summed E-state index contributed by atoms with van der Waals surface area (Å²) in [5.41, 5.74) is 3.40. The number of hydrogen-bond donors (Lipinski definition) is 2. The van der Waals surface area contributed by atoms with Gasteiger partial charge in [0, 0.05) is 6.42 Å². The van der Waals surface area contributed by atoms with E-state index in [0.717, 1.165) is 36.8 Å². The molecular formula is C32H42O6. The standard InChI is InChI=1S/C32H42O6/c1-20-13-14-35-25(16-20)11-12-27(33)30-19-31-32(38-31)28(34)18-22(3)15-21(2)17-26-5-4-6-29(37-26)23-7-9-24(36-30)10-8-23/h4,6-13,21,25-34H,3,5,14-19H2,1-2H3/b12-11+/t21-,25+,26-,27-,28-,29-,30-,31+,32-/m0/s1. The zero-order chi connectivity index (χ0) is 26.6. The van der Waals surface area contributed by atoms with Crippen LogP contribution in [0.2, 0.25) is 0 Å². The second-order valence-corrected chi connectivity index (χ2v) is 11.5. The lowest BCUT2D eigenvalue weighted by Gasteiger charge is -2.29. The van der Waals surface area contributed by atoms with Crippen LogP contribution in [0.4, 0.5) is 0 Å². The minimum Gasteiger partial charge on any atom is -0.487 e. The van der Waals surface area contributed by atoms with Crippen molar-refractivity contribution in [2.24, 2.45) is 5.92 Å². The van der Waals surface area contributed by atoms with Gasteiger partial charge in [-0.25, -0.2) is 0 Å². The SMILES string of the molecule is C=C1C[C@H](C)C[C@@H]2CC=C[C@H](O2)c2ccc(cc2)O[C@H]([C@@H](O)/C=C/[C@@H]2CC(C)=CCO2)C[C@H]2O[C@H]2[C@@H](O)C1. The molecule has 0 amide bonds. The maximum absolute atomic E-state index is 11.1. The number of epoxide rings is 1. The van der Waals surface area contributed by atoms with Crippen LogP contribution >= 0.6 is 0 Å². The van der Waals surface area contributed by atoms with E-state index in [1.54, 1.807) is 6.08 Å². The predicted octanol–water partition coefficient (Wildman–Crippen LogP) is 5.37. The summed E-state index contributed by atoms with van der Waals surface area (Å²) in [6.07, 6.45) is 12.2. The topological polar surface area (TPSA) is 80.7 Å². The zero-order valence-electron chi connectivity index (χ0n) is 22.6. The van der Waals surface area contributed by atoms with Crippen molar-refractivity contribution >= 4 is 0 Å². The van der Waals surface area contributed by atoms with Crippen molar-refractivity contribution in [2.75, 3.05) is 6.61 Å². The van der Waals surface area contributed by atoms with Gasteiger partial charge in [0.25, 0.3) is 0 Å². The van der Waals surface area contributed by atoms with Crippen molar-refractivity contribution in [3.8, 4) is 5.75 Å². The number of rotatable bonds is 3. The van der Waals surface area contributed by atoms with Crippen LogP contribution in [-0.2, 0) is 14.2 Å². The number of aliphatic hydroxyl groups excluding tert-OH is 2. The molecule has 0 radical (unpaired) electrons. The average molecular weight is 523 g/mol. The van der Waals surface area contributed by atoms with E-state index in [2.05, 4.69) is 38.7 Å². The highest BCUT2D eigenvalue weighted by Gasteiger charge is 2.46. The minimum absolute atomic E-state index is 0.0549. The third-order valence-corrected chi connectivity index (χ3v) is 7.98. The molecule has 6 nitrogen and oxygen atoms in total. The summed E-state index contributed by atoms with van der Waals surface area (Å²) in [7, 11) is 0. The van der Waals surface area contributed by atoms with Gasteiger partial charge in [0.2, 0.25) is 0 Å². The summed E-state index contributed by atoms with van der Waals surface area (Å²) in [5.74, 6) is 1.09. The van der Waals surface area contributed by atoms with Gasteiger partial charge in [-0.15, -0.1) is 0 Å². The molecule has 5 aliphatic heterocycles. The molecule has 5 heterocycles. The second-order valence-electron chi connectivity index (χ2n) is 11.5. The van der Waals surface area contributed by atoms with Crippen LogP contribution in [0, 0.1) is 5.92 Å². The van der Waals surface area contributed by atoms with Crippen LogP contribution < -0.4 is 4.74 Å². The number of benzene rings is 1. The normalized spacial score (nSPS) is 37.1. The number of ether oxygens (including phenoxy) is 4. The molecule has 1 fully saturated rings.